The van der Waals surface area contributed by atoms with E-state index >= 15 is 0 Å². The molecule has 0 saturated carbocycles. The van der Waals surface area contributed by atoms with Gasteiger partial charge < -0.3 is 13.4 Å². The molecule has 322 valence electrons. The molecule has 0 amide bonds. The Balaban J connectivity index is 0.995. The predicted molar refractivity (Wildman–Crippen MR) is 284 cm³/mol. The van der Waals surface area contributed by atoms with Crippen LogP contribution in [-0.4, -0.2) is 14.5 Å². The van der Waals surface area contributed by atoms with Crippen molar-refractivity contribution in [1.29, 1.82) is 0 Å². The first-order chi connectivity index (χ1) is 34.2. The molecule has 10 aromatic carbocycles. The lowest BCUT2D eigenvalue weighted by molar-refractivity contribution is 0.668. The highest BCUT2D eigenvalue weighted by molar-refractivity contribution is 6.14. The third kappa shape index (κ3) is 6.55. The summed E-state index contributed by atoms with van der Waals surface area (Å²) in [5, 5.41) is 6.74. The van der Waals surface area contributed by atoms with Gasteiger partial charge in [0, 0.05) is 54.7 Å². The number of nitrogens with zero attached hydrogens (tertiary/aromatic N) is 3. The van der Waals surface area contributed by atoms with E-state index in [9.17, 15) is 0 Å². The smallest absolute Gasteiger partial charge is 0.160 e. The second-order valence-electron chi connectivity index (χ2n) is 17.7. The van der Waals surface area contributed by atoms with Crippen LogP contribution in [0, 0.1) is 0 Å². The van der Waals surface area contributed by atoms with Crippen LogP contribution in [0.15, 0.2) is 245 Å². The maximum atomic E-state index is 6.47. The fraction of sp³-hybridized carbons (Fsp3) is 0. The van der Waals surface area contributed by atoms with Gasteiger partial charge in [-0.25, -0.2) is 9.97 Å². The highest BCUT2D eigenvalue weighted by atomic mass is 16.3. The molecule has 5 heteroatoms. The van der Waals surface area contributed by atoms with Gasteiger partial charge in [-0.3, -0.25) is 0 Å². The summed E-state index contributed by atoms with van der Waals surface area (Å²) in [5.74, 6) is 0.663. The minimum atomic E-state index is 0.663. The fourth-order valence-electron chi connectivity index (χ4n) is 10.3. The van der Waals surface area contributed by atoms with Gasteiger partial charge in [0.1, 0.15) is 22.3 Å². The normalized spacial score (nSPS) is 11.8. The van der Waals surface area contributed by atoms with Gasteiger partial charge in [0.25, 0.3) is 0 Å². The van der Waals surface area contributed by atoms with Crippen LogP contribution in [-0.2, 0) is 0 Å². The second-order valence-corrected chi connectivity index (χ2v) is 17.7. The zero-order valence-corrected chi connectivity index (χ0v) is 37.2. The molecule has 69 heavy (non-hydrogen) atoms. The van der Waals surface area contributed by atoms with Crippen LogP contribution in [0.25, 0.3) is 139 Å². The van der Waals surface area contributed by atoms with Crippen molar-refractivity contribution in [2.24, 2.45) is 0 Å². The van der Waals surface area contributed by atoms with Gasteiger partial charge in [0.05, 0.1) is 22.4 Å². The fourth-order valence-corrected chi connectivity index (χ4v) is 10.3. The van der Waals surface area contributed by atoms with Crippen molar-refractivity contribution in [3.05, 3.63) is 237 Å². The predicted octanol–water partition coefficient (Wildman–Crippen LogP) is 17.4. The Morgan fingerprint density at radius 3 is 1.62 bits per heavy atom. The Morgan fingerprint density at radius 1 is 0.290 bits per heavy atom. The van der Waals surface area contributed by atoms with Crippen LogP contribution in [0.4, 0.5) is 0 Å². The molecule has 0 bridgehead atoms. The average molecular weight is 882 g/mol. The summed E-state index contributed by atoms with van der Waals surface area (Å²) in [6.07, 6.45) is 0. The third-order valence-corrected chi connectivity index (χ3v) is 13.6. The van der Waals surface area contributed by atoms with Gasteiger partial charge in [-0.2, -0.15) is 0 Å². The first kappa shape index (κ1) is 38.9. The molecule has 0 aliphatic heterocycles. The van der Waals surface area contributed by atoms with Gasteiger partial charge in [-0.15, -0.1) is 0 Å². The van der Waals surface area contributed by atoms with Crippen molar-refractivity contribution >= 4 is 65.7 Å². The van der Waals surface area contributed by atoms with E-state index in [1.54, 1.807) is 0 Å². The Kier molecular flexibility index (Phi) is 8.83. The number of aromatic nitrogens is 3. The molecule has 5 nitrogen and oxygen atoms in total. The molecule has 0 atom stereocenters. The van der Waals surface area contributed by atoms with E-state index in [1.165, 1.54) is 16.3 Å². The largest absolute Gasteiger partial charge is 0.456 e. The maximum absolute atomic E-state index is 6.47. The Morgan fingerprint density at radius 2 is 0.826 bits per heavy atom. The van der Waals surface area contributed by atoms with E-state index in [0.29, 0.717) is 5.82 Å². The van der Waals surface area contributed by atoms with Crippen molar-refractivity contribution in [2.45, 2.75) is 0 Å². The quantitative estimate of drug-likeness (QED) is 0.160. The monoisotopic (exact) mass is 881 g/mol. The van der Waals surface area contributed by atoms with Crippen molar-refractivity contribution in [1.82, 2.24) is 14.5 Å². The van der Waals surface area contributed by atoms with Crippen molar-refractivity contribution < 1.29 is 8.83 Å². The molecule has 0 aliphatic carbocycles. The van der Waals surface area contributed by atoms with Gasteiger partial charge >= 0.3 is 0 Å². The van der Waals surface area contributed by atoms with Crippen LogP contribution >= 0.6 is 0 Å². The average Bonchev–Trinajstić information content (AvgIpc) is 4.10. The summed E-state index contributed by atoms with van der Waals surface area (Å²) in [4.78, 5) is 10.6. The van der Waals surface area contributed by atoms with E-state index in [1.807, 2.05) is 48.5 Å². The molecule has 0 fully saturated rings. The van der Waals surface area contributed by atoms with E-state index in [2.05, 4.69) is 193 Å². The van der Waals surface area contributed by atoms with E-state index in [-0.39, 0.29) is 0 Å². The molecular weight excluding hydrogens is 843 g/mol. The summed E-state index contributed by atoms with van der Waals surface area (Å²) in [5.41, 5.74) is 18.1. The Labute approximate surface area is 396 Å². The molecule has 4 heterocycles. The Bertz CT molecular complexity index is 4300. The standard InChI is InChI=1S/C64H39N3O2/c1-3-14-40(15-4-1)41-26-28-42(29-27-41)55-39-56(66-64(65-55)43-16-5-2-6-17-43)47-34-46(49-21-13-25-62-63(49)52-20-9-12-24-60(52)69-62)35-48(36-47)67-57-22-10-7-18-50(57)53-37-44(30-32-58(53)67)45-31-33-61-54(38-45)51-19-8-11-23-59(51)68-61/h1-39H. The van der Waals surface area contributed by atoms with Crippen LogP contribution in [0.1, 0.15) is 0 Å². The summed E-state index contributed by atoms with van der Waals surface area (Å²) >= 11 is 0. The van der Waals surface area contributed by atoms with Gasteiger partial charge in [0.2, 0.25) is 0 Å². The summed E-state index contributed by atoms with van der Waals surface area (Å²) in [6, 6.07) is 83.5. The van der Waals surface area contributed by atoms with E-state index < -0.39 is 0 Å². The zero-order chi connectivity index (χ0) is 45.4. The highest BCUT2D eigenvalue weighted by Crippen LogP contribution is 2.42. The minimum absolute atomic E-state index is 0.663. The van der Waals surface area contributed by atoms with Crippen molar-refractivity contribution in [2.75, 3.05) is 0 Å². The molecule has 4 aromatic heterocycles. The van der Waals surface area contributed by atoms with E-state index in [4.69, 9.17) is 18.8 Å². The number of hydrogen-bond donors (Lipinski definition) is 0. The number of benzene rings is 10. The summed E-state index contributed by atoms with van der Waals surface area (Å²) < 4.78 is 15.1. The van der Waals surface area contributed by atoms with Gasteiger partial charge in [-0.1, -0.05) is 164 Å². The van der Waals surface area contributed by atoms with Crippen molar-refractivity contribution in [3.8, 4) is 73.0 Å². The molecule has 0 saturated heterocycles. The number of fused-ring (bicyclic) bond motifs is 9. The van der Waals surface area contributed by atoms with Crippen LogP contribution < -0.4 is 0 Å². The highest BCUT2D eigenvalue weighted by Gasteiger charge is 2.20. The van der Waals surface area contributed by atoms with E-state index in [0.717, 1.165) is 116 Å². The van der Waals surface area contributed by atoms with Gasteiger partial charge in [0.15, 0.2) is 5.82 Å². The lowest BCUT2D eigenvalue weighted by atomic mass is 9.95. The lowest BCUT2D eigenvalue weighted by Crippen LogP contribution is -1.99. The molecule has 14 aromatic rings. The summed E-state index contributed by atoms with van der Waals surface area (Å²) in [7, 11) is 0. The molecule has 14 rings (SSSR count). The first-order valence-electron chi connectivity index (χ1n) is 23.3. The SMILES string of the molecule is c1ccc(-c2ccc(-c3cc(-c4cc(-c5cccc6oc7ccccc7c56)cc(-n5c6ccccc6c6cc(-c7ccc8oc9ccccc9c8c7)ccc65)c4)nc(-c4ccccc4)n3)cc2)cc1. The zero-order valence-electron chi connectivity index (χ0n) is 37.2. The first-order valence-corrected chi connectivity index (χ1v) is 23.3. The molecule has 0 radical (unpaired) electrons. The molecule has 0 aliphatic rings. The number of rotatable bonds is 7. The summed E-state index contributed by atoms with van der Waals surface area (Å²) in [6.45, 7) is 0. The minimum Gasteiger partial charge on any atom is -0.456 e. The van der Waals surface area contributed by atoms with Crippen LogP contribution in [0.3, 0.4) is 0 Å². The molecule has 0 spiro atoms. The van der Waals surface area contributed by atoms with Gasteiger partial charge in [-0.05, 0) is 106 Å². The lowest BCUT2D eigenvalue weighted by Gasteiger charge is -2.15. The van der Waals surface area contributed by atoms with Crippen LogP contribution in [0.2, 0.25) is 0 Å². The Hall–Kier alpha value is -9.32. The maximum Gasteiger partial charge on any atom is 0.160 e. The number of hydrogen-bond acceptors (Lipinski definition) is 4. The molecule has 0 unspecified atom stereocenters. The number of para-hydroxylation sites is 3. The third-order valence-electron chi connectivity index (χ3n) is 13.6. The van der Waals surface area contributed by atoms with Crippen LogP contribution in [0.5, 0.6) is 0 Å². The second kappa shape index (κ2) is 15.7. The van der Waals surface area contributed by atoms with Crippen molar-refractivity contribution in [3.63, 3.8) is 0 Å². The topological polar surface area (TPSA) is 57.0 Å². The number of furan rings is 2. The molecule has 0 N–H and O–H groups in total. The molecular formula is C64H39N3O2.